The molecule has 1 aromatic heterocycles. The van der Waals surface area contributed by atoms with E-state index in [9.17, 15) is 9.59 Å². The molecule has 7 heteroatoms. The van der Waals surface area contributed by atoms with Gasteiger partial charge in [0, 0.05) is 12.6 Å². The minimum atomic E-state index is -0.631. The highest BCUT2D eigenvalue weighted by atomic mass is 16.5. The van der Waals surface area contributed by atoms with Gasteiger partial charge in [0.1, 0.15) is 6.04 Å². The molecule has 1 rings (SSSR count). The van der Waals surface area contributed by atoms with Crippen LogP contribution in [0.2, 0.25) is 0 Å². The first-order chi connectivity index (χ1) is 7.63. The number of carbonyl (C=O) groups excluding carboxylic acids is 2. The fraction of sp³-hybridized carbons (Fsp3) is 0.556. The number of rotatable bonds is 5. The van der Waals surface area contributed by atoms with Crippen LogP contribution >= 0.6 is 0 Å². The van der Waals surface area contributed by atoms with E-state index >= 15 is 0 Å². The van der Waals surface area contributed by atoms with Crippen molar-refractivity contribution in [2.75, 3.05) is 7.11 Å². The van der Waals surface area contributed by atoms with Crippen LogP contribution in [0.15, 0.2) is 12.4 Å². The van der Waals surface area contributed by atoms with Crippen LogP contribution in [0.5, 0.6) is 0 Å². The van der Waals surface area contributed by atoms with E-state index in [-0.39, 0.29) is 12.3 Å². The summed E-state index contributed by atoms with van der Waals surface area (Å²) >= 11 is 0. The Labute approximate surface area is 92.8 Å². The molecule has 0 saturated heterocycles. The van der Waals surface area contributed by atoms with Crippen molar-refractivity contribution < 1.29 is 14.3 Å². The zero-order valence-corrected chi connectivity index (χ0v) is 9.21. The zero-order valence-electron chi connectivity index (χ0n) is 9.21. The first kappa shape index (κ1) is 12.2. The molecule has 1 unspecified atom stereocenters. The molecule has 0 aliphatic heterocycles. The first-order valence-electron chi connectivity index (χ1n) is 4.84. The molecule has 16 heavy (non-hydrogen) atoms. The molecule has 0 saturated carbocycles. The summed E-state index contributed by atoms with van der Waals surface area (Å²) in [6.45, 7) is 2.00. The van der Waals surface area contributed by atoms with Gasteiger partial charge in [-0.2, -0.15) is 0 Å². The molecule has 7 nitrogen and oxygen atoms in total. The number of aromatic nitrogens is 3. The minimum absolute atomic E-state index is 0.228. The lowest BCUT2D eigenvalue weighted by Gasteiger charge is -2.11. The van der Waals surface area contributed by atoms with E-state index in [1.54, 1.807) is 17.8 Å². The number of methoxy groups -OCH3 is 1. The summed E-state index contributed by atoms with van der Waals surface area (Å²) in [5.74, 6) is -0.692. The van der Waals surface area contributed by atoms with Crippen LogP contribution < -0.4 is 5.32 Å². The second-order valence-corrected chi connectivity index (χ2v) is 3.23. The molecule has 1 heterocycles. The van der Waals surface area contributed by atoms with Crippen LogP contribution in [0, 0.1) is 0 Å². The zero-order chi connectivity index (χ0) is 12.0. The fourth-order valence-corrected chi connectivity index (χ4v) is 1.12. The molecule has 1 aromatic rings. The molecular formula is C9H14N4O3. The molecule has 0 aliphatic rings. The molecule has 0 aliphatic carbocycles. The van der Waals surface area contributed by atoms with Crippen molar-refractivity contribution in [1.82, 2.24) is 20.3 Å². The van der Waals surface area contributed by atoms with E-state index < -0.39 is 12.0 Å². The maximum absolute atomic E-state index is 11.4. The van der Waals surface area contributed by atoms with Crippen molar-refractivity contribution in [2.45, 2.75) is 25.9 Å². The summed E-state index contributed by atoms with van der Waals surface area (Å²) in [4.78, 5) is 22.4. The third-order valence-corrected chi connectivity index (χ3v) is 1.97. The molecule has 0 radical (unpaired) electrons. The molecule has 0 bridgehead atoms. The normalized spacial score (nSPS) is 11.9. The van der Waals surface area contributed by atoms with Gasteiger partial charge in [-0.15, -0.1) is 5.10 Å². The van der Waals surface area contributed by atoms with Crippen LogP contribution in [0.25, 0.3) is 0 Å². The molecule has 1 atom stereocenters. The minimum Gasteiger partial charge on any atom is -0.467 e. The maximum Gasteiger partial charge on any atom is 0.328 e. The van der Waals surface area contributed by atoms with E-state index in [2.05, 4.69) is 20.4 Å². The van der Waals surface area contributed by atoms with Crippen LogP contribution in [-0.2, 0) is 20.9 Å². The molecular weight excluding hydrogens is 212 g/mol. The lowest BCUT2D eigenvalue weighted by molar-refractivity contribution is -0.144. The van der Waals surface area contributed by atoms with E-state index in [1.165, 1.54) is 13.3 Å². The van der Waals surface area contributed by atoms with Gasteiger partial charge in [0.2, 0.25) is 5.91 Å². The standard InChI is InChI=1S/C9H14N4O3/c1-7(9(15)16-2)11-8(14)3-5-13-6-4-10-12-13/h4,6-7H,3,5H2,1-2H3,(H,11,14). The van der Waals surface area contributed by atoms with Gasteiger partial charge in [0.25, 0.3) is 0 Å². The fourth-order valence-electron chi connectivity index (χ4n) is 1.12. The number of nitrogens with one attached hydrogen (secondary N) is 1. The van der Waals surface area contributed by atoms with Gasteiger partial charge in [-0.05, 0) is 6.92 Å². The van der Waals surface area contributed by atoms with Crippen molar-refractivity contribution in [1.29, 1.82) is 0 Å². The third kappa shape index (κ3) is 3.68. The topological polar surface area (TPSA) is 86.1 Å². The first-order valence-corrected chi connectivity index (χ1v) is 4.84. The van der Waals surface area contributed by atoms with Gasteiger partial charge in [0.15, 0.2) is 0 Å². The summed E-state index contributed by atoms with van der Waals surface area (Å²) in [6.07, 6.45) is 3.44. The lowest BCUT2D eigenvalue weighted by Crippen LogP contribution is -2.39. The Morgan fingerprint density at radius 2 is 2.31 bits per heavy atom. The van der Waals surface area contributed by atoms with Crippen molar-refractivity contribution in [2.24, 2.45) is 0 Å². The van der Waals surface area contributed by atoms with Crippen LogP contribution in [0.1, 0.15) is 13.3 Å². The smallest absolute Gasteiger partial charge is 0.328 e. The number of ether oxygens (including phenoxy) is 1. The van der Waals surface area contributed by atoms with Crippen molar-refractivity contribution >= 4 is 11.9 Å². The van der Waals surface area contributed by atoms with Crippen molar-refractivity contribution in [3.05, 3.63) is 12.4 Å². The second-order valence-electron chi connectivity index (χ2n) is 3.23. The van der Waals surface area contributed by atoms with Crippen LogP contribution in [0.3, 0.4) is 0 Å². The lowest BCUT2D eigenvalue weighted by atomic mass is 10.3. The van der Waals surface area contributed by atoms with E-state index in [4.69, 9.17) is 0 Å². The Hall–Kier alpha value is -1.92. The van der Waals surface area contributed by atoms with E-state index in [0.717, 1.165) is 0 Å². The third-order valence-electron chi connectivity index (χ3n) is 1.97. The number of hydrogen-bond donors (Lipinski definition) is 1. The quantitative estimate of drug-likeness (QED) is 0.674. The van der Waals surface area contributed by atoms with Gasteiger partial charge < -0.3 is 10.1 Å². The Balaban J connectivity index is 2.28. The highest BCUT2D eigenvalue weighted by Gasteiger charge is 2.15. The second kappa shape index (κ2) is 5.84. The van der Waals surface area contributed by atoms with Gasteiger partial charge >= 0.3 is 5.97 Å². The number of esters is 1. The summed E-state index contributed by atoms with van der Waals surface area (Å²) in [7, 11) is 1.28. The number of amides is 1. The number of aryl methyl sites for hydroxylation is 1. The average molecular weight is 226 g/mol. The predicted octanol–water partition coefficient (Wildman–Crippen LogP) is -0.654. The Bertz CT molecular complexity index is 350. The van der Waals surface area contributed by atoms with Crippen LogP contribution in [0.4, 0.5) is 0 Å². The highest BCUT2D eigenvalue weighted by molar-refractivity contribution is 5.83. The average Bonchev–Trinajstić information content (AvgIpc) is 2.78. The van der Waals surface area contributed by atoms with E-state index in [1.807, 2.05) is 0 Å². The predicted molar refractivity (Wildman–Crippen MR) is 54.3 cm³/mol. The largest absolute Gasteiger partial charge is 0.467 e. The summed E-state index contributed by atoms with van der Waals surface area (Å²) in [5, 5.41) is 9.84. The maximum atomic E-state index is 11.4. The summed E-state index contributed by atoms with van der Waals surface area (Å²) in [5.41, 5.74) is 0. The van der Waals surface area contributed by atoms with Gasteiger partial charge in [-0.1, -0.05) is 5.21 Å². The Kier molecular flexibility index (Phi) is 4.43. The number of hydrogen-bond acceptors (Lipinski definition) is 5. The number of nitrogens with zero attached hydrogens (tertiary/aromatic N) is 3. The highest BCUT2D eigenvalue weighted by Crippen LogP contribution is 1.91. The van der Waals surface area contributed by atoms with Gasteiger partial charge in [0.05, 0.1) is 19.9 Å². The molecule has 88 valence electrons. The Morgan fingerprint density at radius 1 is 1.56 bits per heavy atom. The molecule has 1 N–H and O–H groups in total. The summed E-state index contributed by atoms with van der Waals surface area (Å²) in [6, 6.07) is -0.631. The van der Waals surface area contributed by atoms with E-state index in [0.29, 0.717) is 6.54 Å². The van der Waals surface area contributed by atoms with Crippen molar-refractivity contribution in [3.63, 3.8) is 0 Å². The number of carbonyl (C=O) groups is 2. The molecule has 0 aromatic carbocycles. The molecule has 0 fully saturated rings. The van der Waals surface area contributed by atoms with Gasteiger partial charge in [-0.25, -0.2) is 4.79 Å². The Morgan fingerprint density at radius 3 is 2.88 bits per heavy atom. The SMILES string of the molecule is COC(=O)C(C)NC(=O)CCn1ccnn1. The summed E-state index contributed by atoms with van der Waals surface area (Å²) < 4.78 is 6.03. The molecule has 1 amide bonds. The molecule has 0 spiro atoms. The van der Waals surface area contributed by atoms with Gasteiger partial charge in [-0.3, -0.25) is 9.48 Å². The van der Waals surface area contributed by atoms with Crippen LogP contribution in [-0.4, -0.2) is 40.0 Å². The monoisotopic (exact) mass is 226 g/mol. The van der Waals surface area contributed by atoms with Crippen molar-refractivity contribution in [3.8, 4) is 0 Å².